The minimum atomic E-state index is -0.324. The third-order valence-electron chi connectivity index (χ3n) is 5.71. The van der Waals surface area contributed by atoms with Crippen LogP contribution in [0.4, 0.5) is 5.82 Å². The van der Waals surface area contributed by atoms with E-state index in [1.54, 1.807) is 4.40 Å². The Morgan fingerprint density at radius 3 is 2.72 bits per heavy atom. The molecular weight excluding hydrogens is 372 g/mol. The van der Waals surface area contributed by atoms with Crippen molar-refractivity contribution in [3.05, 3.63) is 34.7 Å². The Balaban J connectivity index is 1.57. The first-order valence-corrected chi connectivity index (χ1v) is 10.2. The fourth-order valence-corrected chi connectivity index (χ4v) is 4.25. The van der Waals surface area contributed by atoms with Gasteiger partial charge in [-0.15, -0.1) is 5.10 Å². The standard InChI is InChI=1S/C20H24N6O3/c27-17(21-14-5-1-2-6-14)13-25-20(28)26-16-8-4-3-7-15(16)22-18(19(26)23-25)24-9-11-29-12-10-24/h3-4,7-8,14H,1-2,5-6,9-13H2,(H,21,27). The van der Waals surface area contributed by atoms with Crippen molar-refractivity contribution in [1.82, 2.24) is 24.5 Å². The average molecular weight is 396 g/mol. The van der Waals surface area contributed by atoms with Gasteiger partial charge in [-0.3, -0.25) is 4.79 Å². The van der Waals surface area contributed by atoms with E-state index >= 15 is 0 Å². The van der Waals surface area contributed by atoms with Gasteiger partial charge >= 0.3 is 5.69 Å². The summed E-state index contributed by atoms with van der Waals surface area (Å²) < 4.78 is 8.26. The first kappa shape index (κ1) is 18.1. The molecule has 0 radical (unpaired) electrons. The van der Waals surface area contributed by atoms with E-state index in [1.807, 2.05) is 24.3 Å². The minimum absolute atomic E-state index is 0.0894. The summed E-state index contributed by atoms with van der Waals surface area (Å²) in [4.78, 5) is 32.5. The van der Waals surface area contributed by atoms with Crippen LogP contribution in [0.15, 0.2) is 29.1 Å². The zero-order valence-corrected chi connectivity index (χ0v) is 16.2. The molecule has 3 aromatic rings. The molecule has 9 heteroatoms. The van der Waals surface area contributed by atoms with Crippen LogP contribution in [0.2, 0.25) is 0 Å². The second kappa shape index (κ2) is 7.47. The quantitative estimate of drug-likeness (QED) is 0.705. The lowest BCUT2D eigenvalue weighted by atomic mass is 10.2. The van der Waals surface area contributed by atoms with Gasteiger partial charge in [0, 0.05) is 19.1 Å². The number of nitrogens with one attached hydrogen (secondary N) is 1. The normalized spacial score (nSPS) is 18.0. The molecule has 5 rings (SSSR count). The van der Waals surface area contributed by atoms with Crippen LogP contribution in [0.5, 0.6) is 0 Å². The third-order valence-corrected chi connectivity index (χ3v) is 5.71. The van der Waals surface area contributed by atoms with Crippen molar-refractivity contribution in [2.24, 2.45) is 0 Å². The van der Waals surface area contributed by atoms with Crippen molar-refractivity contribution in [3.63, 3.8) is 0 Å². The first-order chi connectivity index (χ1) is 14.2. The van der Waals surface area contributed by atoms with Gasteiger partial charge in [-0.1, -0.05) is 25.0 Å². The van der Waals surface area contributed by atoms with Crippen molar-refractivity contribution in [1.29, 1.82) is 0 Å². The molecule has 0 bridgehead atoms. The van der Waals surface area contributed by atoms with Crippen LogP contribution in [-0.2, 0) is 16.1 Å². The molecular formula is C20H24N6O3. The van der Waals surface area contributed by atoms with Gasteiger partial charge in [0.15, 0.2) is 5.82 Å². The molecule has 2 aliphatic rings. The summed E-state index contributed by atoms with van der Waals surface area (Å²) in [6, 6.07) is 7.71. The van der Waals surface area contributed by atoms with E-state index in [0.29, 0.717) is 43.3 Å². The van der Waals surface area contributed by atoms with Gasteiger partial charge in [-0.2, -0.15) is 0 Å². The summed E-state index contributed by atoms with van der Waals surface area (Å²) in [6.07, 6.45) is 4.28. The fourth-order valence-electron chi connectivity index (χ4n) is 4.25. The van der Waals surface area contributed by atoms with Crippen LogP contribution in [-0.4, -0.2) is 57.4 Å². The van der Waals surface area contributed by atoms with Crippen molar-refractivity contribution in [2.45, 2.75) is 38.3 Å². The average Bonchev–Trinajstić information content (AvgIpc) is 3.36. The van der Waals surface area contributed by atoms with Crippen LogP contribution in [0.25, 0.3) is 16.7 Å². The highest BCUT2D eigenvalue weighted by atomic mass is 16.5. The Labute approximate surface area is 167 Å². The van der Waals surface area contributed by atoms with Crippen molar-refractivity contribution in [2.75, 3.05) is 31.2 Å². The number of benzene rings is 1. The first-order valence-electron chi connectivity index (χ1n) is 10.2. The van der Waals surface area contributed by atoms with Crippen LogP contribution in [0.1, 0.15) is 25.7 Å². The molecule has 3 heterocycles. The number of morpholine rings is 1. The topological polar surface area (TPSA) is 93.8 Å². The highest BCUT2D eigenvalue weighted by molar-refractivity contribution is 5.83. The lowest BCUT2D eigenvalue weighted by Crippen LogP contribution is -2.37. The number of carbonyl (C=O) groups excluding carboxylic acids is 1. The number of rotatable bonds is 4. The summed E-state index contributed by atoms with van der Waals surface area (Å²) in [7, 11) is 0. The van der Waals surface area contributed by atoms with Crippen molar-refractivity contribution < 1.29 is 9.53 Å². The second-order valence-electron chi connectivity index (χ2n) is 7.67. The summed E-state index contributed by atoms with van der Waals surface area (Å²) in [6.45, 7) is 2.49. The summed E-state index contributed by atoms with van der Waals surface area (Å²) in [5, 5.41) is 7.54. The molecule has 1 aliphatic heterocycles. The van der Waals surface area contributed by atoms with Gasteiger partial charge < -0.3 is 15.0 Å². The Morgan fingerprint density at radius 2 is 1.93 bits per heavy atom. The van der Waals surface area contributed by atoms with Crippen LogP contribution >= 0.6 is 0 Å². The maximum Gasteiger partial charge on any atom is 0.351 e. The zero-order valence-electron chi connectivity index (χ0n) is 16.2. The predicted octanol–water partition coefficient (Wildman–Crippen LogP) is 0.940. The molecule has 0 atom stereocenters. The molecule has 0 spiro atoms. The number of para-hydroxylation sites is 2. The molecule has 1 amide bonds. The SMILES string of the molecule is O=C(Cn1nc2c(N3CCOCC3)nc3ccccc3n2c1=O)NC1CCCC1. The van der Waals surface area contributed by atoms with Gasteiger partial charge in [0.2, 0.25) is 11.6 Å². The van der Waals surface area contributed by atoms with E-state index in [9.17, 15) is 9.59 Å². The fraction of sp³-hybridized carbons (Fsp3) is 0.500. The Morgan fingerprint density at radius 1 is 1.17 bits per heavy atom. The number of hydrogen-bond acceptors (Lipinski definition) is 6. The largest absolute Gasteiger partial charge is 0.378 e. The van der Waals surface area contributed by atoms with Crippen LogP contribution in [0.3, 0.4) is 0 Å². The molecule has 29 heavy (non-hydrogen) atoms. The Bertz CT molecular complexity index is 1110. The number of carbonyl (C=O) groups is 1. The second-order valence-corrected chi connectivity index (χ2v) is 7.67. The molecule has 2 fully saturated rings. The summed E-state index contributed by atoms with van der Waals surface area (Å²) in [5.41, 5.74) is 1.56. The van der Waals surface area contributed by atoms with E-state index in [0.717, 1.165) is 31.2 Å². The number of amides is 1. The lowest BCUT2D eigenvalue weighted by molar-refractivity contribution is -0.122. The van der Waals surface area contributed by atoms with Gasteiger partial charge in [-0.25, -0.2) is 18.9 Å². The monoisotopic (exact) mass is 396 g/mol. The number of nitrogens with zero attached hydrogens (tertiary/aromatic N) is 5. The maximum absolute atomic E-state index is 13.2. The molecule has 1 aliphatic carbocycles. The van der Waals surface area contributed by atoms with Crippen molar-refractivity contribution in [3.8, 4) is 0 Å². The molecule has 1 N–H and O–H groups in total. The van der Waals surface area contributed by atoms with Gasteiger partial charge in [0.1, 0.15) is 6.54 Å². The van der Waals surface area contributed by atoms with E-state index in [-0.39, 0.29) is 24.2 Å². The molecule has 2 aromatic heterocycles. The molecule has 9 nitrogen and oxygen atoms in total. The third kappa shape index (κ3) is 3.35. The number of ether oxygens (including phenoxy) is 1. The maximum atomic E-state index is 13.2. The molecule has 1 saturated carbocycles. The zero-order chi connectivity index (χ0) is 19.8. The van der Waals surface area contributed by atoms with Gasteiger partial charge in [-0.05, 0) is 25.0 Å². The van der Waals surface area contributed by atoms with Gasteiger partial charge in [0.25, 0.3) is 0 Å². The van der Waals surface area contributed by atoms with Crippen molar-refractivity contribution >= 4 is 28.4 Å². The molecule has 0 unspecified atom stereocenters. The molecule has 1 aromatic carbocycles. The Kier molecular flexibility index (Phi) is 4.67. The Hall–Kier alpha value is -2.94. The van der Waals surface area contributed by atoms with E-state index in [1.165, 1.54) is 4.68 Å². The smallest absolute Gasteiger partial charge is 0.351 e. The van der Waals surface area contributed by atoms with Crippen LogP contribution < -0.4 is 15.9 Å². The summed E-state index contributed by atoms with van der Waals surface area (Å²) >= 11 is 0. The highest BCUT2D eigenvalue weighted by Gasteiger charge is 2.23. The summed E-state index contributed by atoms with van der Waals surface area (Å²) in [5.74, 6) is 0.478. The molecule has 1 saturated heterocycles. The van der Waals surface area contributed by atoms with Crippen LogP contribution in [0, 0.1) is 0 Å². The number of fused-ring (bicyclic) bond motifs is 3. The number of aromatic nitrogens is 4. The van der Waals surface area contributed by atoms with E-state index in [4.69, 9.17) is 9.72 Å². The minimum Gasteiger partial charge on any atom is -0.378 e. The number of anilines is 1. The van der Waals surface area contributed by atoms with Gasteiger partial charge in [0.05, 0.1) is 24.2 Å². The highest BCUT2D eigenvalue weighted by Crippen LogP contribution is 2.23. The predicted molar refractivity (Wildman–Crippen MR) is 108 cm³/mol. The number of hydrogen-bond donors (Lipinski definition) is 1. The van der Waals surface area contributed by atoms with E-state index < -0.39 is 0 Å². The molecule has 152 valence electrons. The van der Waals surface area contributed by atoms with E-state index in [2.05, 4.69) is 15.3 Å². The lowest BCUT2D eigenvalue weighted by Gasteiger charge is -2.27.